The molecular weight excluding hydrogens is 272 g/mol. The maximum Gasteiger partial charge on any atom is 0.0960 e. The summed E-state index contributed by atoms with van der Waals surface area (Å²) in [4.78, 5) is 3.22. The Kier molecular flexibility index (Phi) is 4.56. The van der Waals surface area contributed by atoms with Crippen molar-refractivity contribution in [2.45, 2.75) is 25.5 Å². The first-order valence-electron chi connectivity index (χ1n) is 7.77. The lowest BCUT2D eigenvalue weighted by Gasteiger charge is -2.20. The van der Waals surface area contributed by atoms with Crippen molar-refractivity contribution in [1.82, 2.24) is 10.3 Å². The molecule has 2 atom stereocenters. The Morgan fingerprint density at radius 3 is 2.59 bits per heavy atom. The van der Waals surface area contributed by atoms with Gasteiger partial charge in [-0.2, -0.15) is 0 Å². The van der Waals surface area contributed by atoms with Crippen molar-refractivity contribution in [2.24, 2.45) is 0 Å². The van der Waals surface area contributed by atoms with Gasteiger partial charge in [0.2, 0.25) is 0 Å². The largest absolute Gasteiger partial charge is 0.387 e. The number of hydrogen-bond acceptors (Lipinski definition) is 2. The number of aliphatic hydroxyl groups is 1. The molecule has 3 aromatic rings. The van der Waals surface area contributed by atoms with Crippen LogP contribution in [-0.2, 0) is 6.42 Å². The fourth-order valence-electron chi connectivity index (χ4n) is 2.81. The number of fused-ring (bicyclic) bond motifs is 1. The zero-order chi connectivity index (χ0) is 15.4. The predicted molar refractivity (Wildman–Crippen MR) is 90.9 cm³/mol. The average molecular weight is 294 g/mol. The molecule has 0 fully saturated rings. The first kappa shape index (κ1) is 14.8. The molecule has 0 aliphatic rings. The standard InChI is InChI=1S/C19H22N2O/c1-14(20-12-11-15-7-3-2-4-8-15)19(22)17-13-21-18-10-6-5-9-16(17)18/h2-10,13-14,19-22H,11-12H2,1H3. The Labute approximate surface area is 131 Å². The lowest BCUT2D eigenvalue weighted by atomic mass is 10.0. The maximum absolute atomic E-state index is 10.6. The minimum Gasteiger partial charge on any atom is -0.387 e. The number of aromatic nitrogens is 1. The van der Waals surface area contributed by atoms with E-state index in [0.29, 0.717) is 0 Å². The van der Waals surface area contributed by atoms with Gasteiger partial charge in [-0.15, -0.1) is 0 Å². The number of H-pyrrole nitrogens is 1. The van der Waals surface area contributed by atoms with Crippen LogP contribution in [-0.4, -0.2) is 22.7 Å². The molecule has 0 aliphatic carbocycles. The van der Waals surface area contributed by atoms with Gasteiger partial charge in [0.15, 0.2) is 0 Å². The van der Waals surface area contributed by atoms with Crippen LogP contribution in [0.5, 0.6) is 0 Å². The van der Waals surface area contributed by atoms with E-state index in [1.165, 1.54) is 5.56 Å². The Bertz CT molecular complexity index is 720. The van der Waals surface area contributed by atoms with Crippen molar-refractivity contribution in [2.75, 3.05) is 6.54 Å². The third-order valence-electron chi connectivity index (χ3n) is 4.14. The van der Waals surface area contributed by atoms with Crippen molar-refractivity contribution in [3.05, 3.63) is 71.9 Å². The molecule has 3 rings (SSSR count). The zero-order valence-corrected chi connectivity index (χ0v) is 12.8. The summed E-state index contributed by atoms with van der Waals surface area (Å²) in [5, 5.41) is 15.1. The van der Waals surface area contributed by atoms with E-state index in [2.05, 4.69) is 34.6 Å². The van der Waals surface area contributed by atoms with Crippen LogP contribution in [0.2, 0.25) is 0 Å². The van der Waals surface area contributed by atoms with Gasteiger partial charge in [0, 0.05) is 28.7 Å². The quantitative estimate of drug-likeness (QED) is 0.652. The topological polar surface area (TPSA) is 48.0 Å². The minimum atomic E-state index is -0.521. The van der Waals surface area contributed by atoms with Crippen LogP contribution in [0, 0.1) is 0 Å². The van der Waals surface area contributed by atoms with E-state index in [1.54, 1.807) is 0 Å². The summed E-state index contributed by atoms with van der Waals surface area (Å²) in [6, 6.07) is 18.5. The number of para-hydroxylation sites is 1. The Balaban J connectivity index is 1.61. The van der Waals surface area contributed by atoms with Crippen LogP contribution < -0.4 is 5.32 Å². The van der Waals surface area contributed by atoms with Gasteiger partial charge >= 0.3 is 0 Å². The van der Waals surface area contributed by atoms with Gasteiger partial charge in [-0.3, -0.25) is 0 Å². The molecule has 0 bridgehead atoms. The molecule has 0 radical (unpaired) electrons. The molecule has 22 heavy (non-hydrogen) atoms. The van der Waals surface area contributed by atoms with Crippen molar-refractivity contribution in [3.8, 4) is 0 Å². The molecule has 1 aromatic heterocycles. The number of aromatic amines is 1. The van der Waals surface area contributed by atoms with E-state index in [4.69, 9.17) is 0 Å². The highest BCUT2D eigenvalue weighted by Crippen LogP contribution is 2.25. The molecule has 2 aromatic carbocycles. The second-order valence-corrected chi connectivity index (χ2v) is 5.71. The molecule has 1 heterocycles. The van der Waals surface area contributed by atoms with Crippen molar-refractivity contribution in [1.29, 1.82) is 0 Å². The normalized spacial score (nSPS) is 14.1. The van der Waals surface area contributed by atoms with E-state index in [9.17, 15) is 5.11 Å². The van der Waals surface area contributed by atoms with Gasteiger partial charge in [-0.1, -0.05) is 48.5 Å². The molecule has 0 amide bonds. The average Bonchev–Trinajstić information content (AvgIpc) is 2.99. The smallest absolute Gasteiger partial charge is 0.0960 e. The number of rotatable bonds is 6. The third-order valence-corrected chi connectivity index (χ3v) is 4.14. The molecule has 3 nitrogen and oxygen atoms in total. The summed E-state index contributed by atoms with van der Waals surface area (Å²) in [7, 11) is 0. The van der Waals surface area contributed by atoms with Crippen molar-refractivity contribution in [3.63, 3.8) is 0 Å². The first-order chi connectivity index (χ1) is 10.8. The van der Waals surface area contributed by atoms with E-state index in [-0.39, 0.29) is 6.04 Å². The van der Waals surface area contributed by atoms with Crippen LogP contribution in [0.4, 0.5) is 0 Å². The number of nitrogens with one attached hydrogen (secondary N) is 2. The Hall–Kier alpha value is -2.10. The molecule has 0 aliphatic heterocycles. The van der Waals surface area contributed by atoms with Crippen molar-refractivity contribution < 1.29 is 5.11 Å². The van der Waals surface area contributed by atoms with Crippen LogP contribution in [0.25, 0.3) is 10.9 Å². The van der Waals surface area contributed by atoms with Crippen LogP contribution in [0.15, 0.2) is 60.8 Å². The van der Waals surface area contributed by atoms with E-state index >= 15 is 0 Å². The molecule has 0 saturated carbocycles. The van der Waals surface area contributed by atoms with E-state index in [0.717, 1.165) is 29.4 Å². The maximum atomic E-state index is 10.6. The van der Waals surface area contributed by atoms with Gasteiger partial charge in [0.25, 0.3) is 0 Å². The van der Waals surface area contributed by atoms with E-state index in [1.807, 2.05) is 43.5 Å². The molecular formula is C19H22N2O. The second-order valence-electron chi connectivity index (χ2n) is 5.71. The van der Waals surface area contributed by atoms with Crippen LogP contribution in [0.3, 0.4) is 0 Å². The fourth-order valence-corrected chi connectivity index (χ4v) is 2.81. The highest BCUT2D eigenvalue weighted by atomic mass is 16.3. The van der Waals surface area contributed by atoms with Gasteiger partial charge in [-0.05, 0) is 31.5 Å². The van der Waals surface area contributed by atoms with Gasteiger partial charge in [-0.25, -0.2) is 0 Å². The SMILES string of the molecule is CC(NCCc1ccccc1)C(O)c1c[nH]c2ccccc12. The van der Waals surface area contributed by atoms with Crippen LogP contribution >= 0.6 is 0 Å². The number of aliphatic hydroxyl groups excluding tert-OH is 1. The van der Waals surface area contributed by atoms with Gasteiger partial charge in [0.05, 0.1) is 6.10 Å². The van der Waals surface area contributed by atoms with Gasteiger partial charge in [0.1, 0.15) is 0 Å². The minimum absolute atomic E-state index is 0.00270. The molecule has 0 saturated heterocycles. The Morgan fingerprint density at radius 2 is 1.77 bits per heavy atom. The highest BCUT2D eigenvalue weighted by Gasteiger charge is 2.18. The summed E-state index contributed by atoms with van der Waals surface area (Å²) in [6.45, 7) is 2.88. The van der Waals surface area contributed by atoms with Crippen molar-refractivity contribution >= 4 is 10.9 Å². The van der Waals surface area contributed by atoms with Gasteiger partial charge < -0.3 is 15.4 Å². The molecule has 3 heteroatoms. The zero-order valence-electron chi connectivity index (χ0n) is 12.8. The lowest BCUT2D eigenvalue weighted by Crippen LogP contribution is -2.33. The summed E-state index contributed by atoms with van der Waals surface area (Å²) in [6.07, 6.45) is 2.35. The summed E-state index contributed by atoms with van der Waals surface area (Å²) < 4.78 is 0. The highest BCUT2D eigenvalue weighted by molar-refractivity contribution is 5.83. The molecule has 2 unspecified atom stereocenters. The fraction of sp³-hybridized carbons (Fsp3) is 0.263. The predicted octanol–water partition coefficient (Wildman–Crippen LogP) is 3.42. The van der Waals surface area contributed by atoms with E-state index < -0.39 is 6.10 Å². The molecule has 3 N–H and O–H groups in total. The summed E-state index contributed by atoms with van der Waals surface area (Å²) >= 11 is 0. The third kappa shape index (κ3) is 3.21. The number of hydrogen-bond donors (Lipinski definition) is 3. The lowest BCUT2D eigenvalue weighted by molar-refractivity contribution is 0.138. The first-order valence-corrected chi connectivity index (χ1v) is 7.77. The second kappa shape index (κ2) is 6.77. The van der Waals surface area contributed by atoms with Crippen LogP contribution in [0.1, 0.15) is 24.2 Å². The molecule has 114 valence electrons. The summed E-state index contributed by atoms with van der Waals surface area (Å²) in [5.41, 5.74) is 3.33. The summed E-state index contributed by atoms with van der Waals surface area (Å²) in [5.74, 6) is 0. The monoisotopic (exact) mass is 294 g/mol. The Morgan fingerprint density at radius 1 is 1.05 bits per heavy atom. The molecule has 0 spiro atoms. The number of benzene rings is 2.